The van der Waals surface area contributed by atoms with Gasteiger partial charge >= 0.3 is 6.09 Å². The maximum Gasteiger partial charge on any atom is 0.408 e. The molecule has 3 aromatic heterocycles. The highest BCUT2D eigenvalue weighted by molar-refractivity contribution is 5.96. The average Bonchev–Trinajstić information content (AvgIpc) is 3.70. The van der Waals surface area contributed by atoms with Crippen molar-refractivity contribution < 1.29 is 23.2 Å². The van der Waals surface area contributed by atoms with E-state index in [1.54, 1.807) is 71.5 Å². The molecule has 12 nitrogen and oxygen atoms in total. The van der Waals surface area contributed by atoms with Crippen LogP contribution in [0.4, 0.5) is 4.79 Å². The van der Waals surface area contributed by atoms with Crippen LogP contribution in [-0.2, 0) is 23.2 Å². The second-order valence-electron chi connectivity index (χ2n) is 11.5. The second-order valence-corrected chi connectivity index (χ2v) is 11.5. The molecule has 0 bridgehead atoms. The van der Waals surface area contributed by atoms with Crippen LogP contribution >= 0.6 is 0 Å². The number of benzene rings is 2. The minimum absolute atomic E-state index is 0.143. The number of aromatic nitrogens is 5. The molecule has 0 saturated carbocycles. The molecule has 2 aromatic carbocycles. The summed E-state index contributed by atoms with van der Waals surface area (Å²) in [5.74, 6) is 0.351. The van der Waals surface area contributed by atoms with Gasteiger partial charge in [0, 0.05) is 42.6 Å². The molecule has 5 aromatic rings. The largest absolute Gasteiger partial charge is 0.445 e. The fourth-order valence-corrected chi connectivity index (χ4v) is 4.58. The third kappa shape index (κ3) is 7.33. The van der Waals surface area contributed by atoms with Crippen molar-refractivity contribution in [3.05, 3.63) is 102 Å². The Morgan fingerprint density at radius 2 is 1.68 bits per heavy atom. The number of amides is 2. The molecule has 0 aliphatic heterocycles. The van der Waals surface area contributed by atoms with E-state index in [2.05, 4.69) is 30.5 Å². The molecule has 44 heavy (non-hydrogen) atoms. The summed E-state index contributed by atoms with van der Waals surface area (Å²) in [5, 5.41) is 11.6. The highest BCUT2D eigenvalue weighted by Gasteiger charge is 2.37. The number of rotatable bonds is 9. The monoisotopic (exact) mass is 595 g/mol. The van der Waals surface area contributed by atoms with Gasteiger partial charge in [0.15, 0.2) is 0 Å². The minimum Gasteiger partial charge on any atom is -0.445 e. The first kappa shape index (κ1) is 30.1. The molecule has 12 heteroatoms. The number of nitrogens with zero attached hydrogens (tertiary/aromatic N) is 6. The summed E-state index contributed by atoms with van der Waals surface area (Å²) < 4.78 is 17.3. The lowest BCUT2D eigenvalue weighted by molar-refractivity contribution is 0.0443. The van der Waals surface area contributed by atoms with E-state index in [0.29, 0.717) is 34.7 Å². The smallest absolute Gasteiger partial charge is 0.408 e. The van der Waals surface area contributed by atoms with Gasteiger partial charge in [-0.15, -0.1) is 10.2 Å². The van der Waals surface area contributed by atoms with Crippen LogP contribution in [0.25, 0.3) is 22.9 Å². The van der Waals surface area contributed by atoms with Crippen LogP contribution in [0.2, 0.25) is 0 Å². The van der Waals surface area contributed by atoms with Crippen LogP contribution in [0.1, 0.15) is 55.2 Å². The Hall–Kier alpha value is -5.39. The Morgan fingerprint density at radius 1 is 0.932 bits per heavy atom. The topological polar surface area (TPSA) is 149 Å². The van der Waals surface area contributed by atoms with Gasteiger partial charge in [0.25, 0.3) is 5.91 Å². The van der Waals surface area contributed by atoms with Gasteiger partial charge in [-0.1, -0.05) is 30.3 Å². The minimum atomic E-state index is -1.12. The number of alkyl carbamates (subject to hydrolysis) is 1. The maximum atomic E-state index is 13.6. The molecule has 0 saturated heterocycles. The fourth-order valence-electron chi connectivity index (χ4n) is 4.58. The molecule has 226 valence electrons. The Balaban J connectivity index is 1.50. The van der Waals surface area contributed by atoms with E-state index in [0.717, 1.165) is 5.56 Å². The summed E-state index contributed by atoms with van der Waals surface area (Å²) in [6, 6.07) is 14.7. The van der Waals surface area contributed by atoms with E-state index >= 15 is 0 Å². The Bertz CT molecular complexity index is 1720. The zero-order chi connectivity index (χ0) is 31.3. The summed E-state index contributed by atoms with van der Waals surface area (Å²) in [7, 11) is 1.68. The summed E-state index contributed by atoms with van der Waals surface area (Å²) in [4.78, 5) is 40.6. The molecule has 0 spiro atoms. The van der Waals surface area contributed by atoms with Crippen molar-refractivity contribution in [2.45, 2.75) is 51.8 Å². The summed E-state index contributed by atoms with van der Waals surface area (Å²) in [6.45, 7) is 7.41. The summed E-state index contributed by atoms with van der Waals surface area (Å²) >= 11 is 0. The van der Waals surface area contributed by atoms with Gasteiger partial charge in [-0.25, -0.2) is 9.78 Å². The van der Waals surface area contributed by atoms with Crippen LogP contribution < -0.4 is 5.32 Å². The van der Waals surface area contributed by atoms with Crippen LogP contribution in [-0.4, -0.2) is 54.7 Å². The molecule has 1 unspecified atom stereocenters. The Morgan fingerprint density at radius 3 is 2.34 bits per heavy atom. The van der Waals surface area contributed by atoms with Crippen molar-refractivity contribution >= 4 is 12.0 Å². The predicted molar refractivity (Wildman–Crippen MR) is 160 cm³/mol. The summed E-state index contributed by atoms with van der Waals surface area (Å²) in [5.41, 5.74) is 1.12. The van der Waals surface area contributed by atoms with Gasteiger partial charge in [0.2, 0.25) is 17.7 Å². The zero-order valence-corrected chi connectivity index (χ0v) is 25.1. The first-order chi connectivity index (χ1) is 21.0. The van der Waals surface area contributed by atoms with Crippen molar-refractivity contribution in [3.63, 3.8) is 0 Å². The Kier molecular flexibility index (Phi) is 8.52. The standard InChI is InChI=1S/C32H33N7O5/c1-31(2,3)44-30(41)36-32(4,18-21-9-7-6-8-10-21)29-38-37-27(43-29)23-15-22(26-35-13-14-42-26)16-24(17-23)28(40)39(5)20-25-19-33-11-12-34-25/h6-17,19H,18,20H2,1-5H3,(H,36,41). The third-order valence-electron chi connectivity index (χ3n) is 6.54. The third-order valence-corrected chi connectivity index (χ3v) is 6.54. The molecule has 0 fully saturated rings. The van der Waals surface area contributed by atoms with E-state index in [4.69, 9.17) is 13.6 Å². The van der Waals surface area contributed by atoms with E-state index in [9.17, 15) is 9.59 Å². The molecule has 2 amide bonds. The lowest BCUT2D eigenvalue weighted by Crippen LogP contribution is -2.47. The van der Waals surface area contributed by atoms with E-state index in [1.165, 1.54) is 17.4 Å². The van der Waals surface area contributed by atoms with Gasteiger partial charge in [0.05, 0.1) is 24.6 Å². The van der Waals surface area contributed by atoms with Crippen molar-refractivity contribution in [3.8, 4) is 22.9 Å². The van der Waals surface area contributed by atoms with Crippen molar-refractivity contribution in [1.82, 2.24) is 35.4 Å². The van der Waals surface area contributed by atoms with Crippen LogP contribution in [0, 0.1) is 0 Å². The molecule has 0 aliphatic rings. The van der Waals surface area contributed by atoms with Crippen molar-refractivity contribution in [2.75, 3.05) is 7.05 Å². The van der Waals surface area contributed by atoms with Crippen molar-refractivity contribution in [2.24, 2.45) is 0 Å². The van der Waals surface area contributed by atoms with Gasteiger partial charge in [-0.05, 0) is 51.5 Å². The SMILES string of the molecule is CN(Cc1cnccn1)C(=O)c1cc(-c2ncco2)cc(-c2nnc(C(C)(Cc3ccccc3)NC(=O)OC(C)(C)C)o2)c1. The van der Waals surface area contributed by atoms with E-state index < -0.39 is 17.2 Å². The average molecular weight is 596 g/mol. The van der Waals surface area contributed by atoms with E-state index in [-0.39, 0.29) is 24.2 Å². The highest BCUT2D eigenvalue weighted by atomic mass is 16.6. The van der Waals surface area contributed by atoms with Gasteiger partial charge in [-0.3, -0.25) is 14.8 Å². The first-order valence-corrected chi connectivity index (χ1v) is 13.9. The van der Waals surface area contributed by atoms with E-state index in [1.807, 2.05) is 30.3 Å². The quantitative estimate of drug-likeness (QED) is 0.233. The number of carbonyl (C=O) groups is 2. The number of oxazole rings is 1. The normalized spacial score (nSPS) is 12.8. The molecular formula is C32H33N7O5. The molecule has 5 rings (SSSR count). The lowest BCUT2D eigenvalue weighted by Gasteiger charge is -2.29. The molecule has 3 heterocycles. The number of hydrogen-bond donors (Lipinski definition) is 1. The van der Waals surface area contributed by atoms with Gasteiger partial charge in [-0.2, -0.15) is 0 Å². The maximum absolute atomic E-state index is 13.6. The Labute approximate surface area is 254 Å². The lowest BCUT2D eigenvalue weighted by atomic mass is 9.92. The van der Waals surface area contributed by atoms with Crippen LogP contribution in [0.3, 0.4) is 0 Å². The molecule has 0 aliphatic carbocycles. The van der Waals surface area contributed by atoms with Crippen LogP contribution in [0.5, 0.6) is 0 Å². The molecule has 0 radical (unpaired) electrons. The zero-order valence-electron chi connectivity index (χ0n) is 25.1. The predicted octanol–water partition coefficient (Wildman–Crippen LogP) is 5.44. The number of nitrogens with one attached hydrogen (secondary N) is 1. The van der Waals surface area contributed by atoms with Gasteiger partial charge < -0.3 is 23.8 Å². The van der Waals surface area contributed by atoms with Gasteiger partial charge in [0.1, 0.15) is 17.4 Å². The first-order valence-electron chi connectivity index (χ1n) is 13.9. The number of carbonyl (C=O) groups excluding carboxylic acids is 2. The number of ether oxygens (including phenoxy) is 1. The summed E-state index contributed by atoms with van der Waals surface area (Å²) in [6.07, 6.45) is 7.45. The highest BCUT2D eigenvalue weighted by Crippen LogP contribution is 2.31. The number of hydrogen-bond acceptors (Lipinski definition) is 10. The molecular weight excluding hydrogens is 562 g/mol. The van der Waals surface area contributed by atoms with Crippen LogP contribution in [0.15, 0.2) is 88.4 Å². The second kappa shape index (κ2) is 12.5. The van der Waals surface area contributed by atoms with Crippen molar-refractivity contribution in [1.29, 1.82) is 0 Å². The fraction of sp³-hybridized carbons (Fsp3) is 0.281. The molecule has 1 atom stereocenters. The molecule has 1 N–H and O–H groups in total.